The van der Waals surface area contributed by atoms with Gasteiger partial charge in [-0.1, -0.05) is 32.1 Å². The van der Waals surface area contributed by atoms with Gasteiger partial charge in [0.25, 0.3) is 0 Å². The van der Waals surface area contributed by atoms with Crippen molar-refractivity contribution >= 4 is 0 Å². The van der Waals surface area contributed by atoms with E-state index < -0.39 is 0 Å². The molecule has 0 aromatic carbocycles. The van der Waals surface area contributed by atoms with Gasteiger partial charge in [0.2, 0.25) is 0 Å². The van der Waals surface area contributed by atoms with Gasteiger partial charge in [-0.25, -0.2) is 0 Å². The molecule has 3 aliphatic carbocycles. The van der Waals surface area contributed by atoms with E-state index in [4.69, 9.17) is 0 Å². The van der Waals surface area contributed by atoms with Crippen molar-refractivity contribution in [2.45, 2.75) is 57.8 Å². The van der Waals surface area contributed by atoms with E-state index in [1.807, 2.05) is 0 Å². The van der Waals surface area contributed by atoms with Crippen LogP contribution in [0.2, 0.25) is 0 Å². The van der Waals surface area contributed by atoms with E-state index in [0.29, 0.717) is 12.0 Å². The van der Waals surface area contributed by atoms with Crippen LogP contribution in [-0.2, 0) is 0 Å². The summed E-state index contributed by atoms with van der Waals surface area (Å²) in [6.07, 6.45) is 12.7. The molecular weight excluding hydrogens is 184 g/mol. The zero-order valence-electron chi connectivity index (χ0n) is 9.75. The minimum absolute atomic E-state index is 0.371. The molecule has 0 radical (unpaired) electrons. The molecule has 1 heteroatoms. The highest BCUT2D eigenvalue weighted by Crippen LogP contribution is 2.62. The molecule has 2 unspecified atom stereocenters. The first-order chi connectivity index (χ1) is 7.31. The maximum absolute atomic E-state index is 9.69. The van der Waals surface area contributed by atoms with Crippen LogP contribution >= 0.6 is 0 Å². The van der Waals surface area contributed by atoms with Gasteiger partial charge in [0.15, 0.2) is 0 Å². The monoisotopic (exact) mass is 208 g/mol. The lowest BCUT2D eigenvalue weighted by molar-refractivity contribution is 0.0798. The van der Waals surface area contributed by atoms with E-state index in [0.717, 1.165) is 17.8 Å². The Kier molecular flexibility index (Phi) is 2.54. The highest BCUT2D eigenvalue weighted by Gasteiger charge is 2.53. The fourth-order valence-corrected chi connectivity index (χ4v) is 4.37. The molecule has 0 amide bonds. The molecule has 3 rings (SSSR count). The van der Waals surface area contributed by atoms with E-state index in [-0.39, 0.29) is 0 Å². The Morgan fingerprint density at radius 1 is 1.00 bits per heavy atom. The second-order valence-corrected chi connectivity index (χ2v) is 6.53. The van der Waals surface area contributed by atoms with Gasteiger partial charge in [-0.05, 0) is 48.9 Å². The highest BCUT2D eigenvalue weighted by atomic mass is 16.3. The van der Waals surface area contributed by atoms with Crippen molar-refractivity contribution in [1.82, 2.24) is 0 Å². The van der Waals surface area contributed by atoms with Crippen LogP contribution in [0.1, 0.15) is 57.8 Å². The standard InChI is InChI=1S/C14H24O/c15-10-14(8-12-6-13(12)9-14)7-11-4-2-1-3-5-11/h11-13,15H,1-10H2. The number of aliphatic hydroxyl groups excluding tert-OH is 1. The number of fused-ring (bicyclic) bond motifs is 1. The minimum atomic E-state index is 0.371. The zero-order chi connectivity index (χ0) is 10.3. The first kappa shape index (κ1) is 10.1. The van der Waals surface area contributed by atoms with Crippen molar-refractivity contribution in [2.75, 3.05) is 6.61 Å². The van der Waals surface area contributed by atoms with Crippen LogP contribution in [0.25, 0.3) is 0 Å². The fraction of sp³-hybridized carbons (Fsp3) is 1.00. The molecule has 0 heterocycles. The van der Waals surface area contributed by atoms with Crippen molar-refractivity contribution in [3.63, 3.8) is 0 Å². The first-order valence-corrected chi connectivity index (χ1v) is 6.92. The fourth-order valence-electron chi connectivity index (χ4n) is 4.37. The highest BCUT2D eigenvalue weighted by molar-refractivity contribution is 5.03. The summed E-state index contributed by atoms with van der Waals surface area (Å²) in [7, 11) is 0. The minimum Gasteiger partial charge on any atom is -0.396 e. The van der Waals surface area contributed by atoms with Gasteiger partial charge in [0.1, 0.15) is 0 Å². The Morgan fingerprint density at radius 3 is 2.27 bits per heavy atom. The molecule has 0 bridgehead atoms. The van der Waals surface area contributed by atoms with Gasteiger partial charge in [-0.15, -0.1) is 0 Å². The van der Waals surface area contributed by atoms with E-state index in [9.17, 15) is 5.11 Å². The van der Waals surface area contributed by atoms with E-state index in [2.05, 4.69) is 0 Å². The predicted octanol–water partition coefficient (Wildman–Crippen LogP) is 3.37. The smallest absolute Gasteiger partial charge is 0.0487 e. The predicted molar refractivity (Wildman–Crippen MR) is 61.5 cm³/mol. The van der Waals surface area contributed by atoms with Gasteiger partial charge in [0, 0.05) is 6.61 Å². The first-order valence-electron chi connectivity index (χ1n) is 6.92. The Hall–Kier alpha value is -0.0400. The maximum atomic E-state index is 9.69. The van der Waals surface area contributed by atoms with Crippen LogP contribution in [0.15, 0.2) is 0 Å². The van der Waals surface area contributed by atoms with Gasteiger partial charge in [-0.2, -0.15) is 0 Å². The van der Waals surface area contributed by atoms with Crippen molar-refractivity contribution in [1.29, 1.82) is 0 Å². The second-order valence-electron chi connectivity index (χ2n) is 6.53. The van der Waals surface area contributed by atoms with E-state index >= 15 is 0 Å². The number of rotatable bonds is 3. The third-order valence-corrected chi connectivity index (χ3v) is 5.24. The van der Waals surface area contributed by atoms with Crippen LogP contribution in [0.3, 0.4) is 0 Å². The molecule has 3 saturated carbocycles. The summed E-state index contributed by atoms with van der Waals surface area (Å²) in [6.45, 7) is 0.469. The van der Waals surface area contributed by atoms with Crippen molar-refractivity contribution in [2.24, 2.45) is 23.2 Å². The molecule has 86 valence electrons. The molecule has 0 aromatic rings. The molecule has 3 aliphatic rings. The molecule has 2 atom stereocenters. The third-order valence-electron chi connectivity index (χ3n) is 5.24. The van der Waals surface area contributed by atoms with Crippen molar-refractivity contribution < 1.29 is 5.11 Å². The summed E-state index contributed by atoms with van der Waals surface area (Å²) in [5.74, 6) is 2.98. The molecule has 3 fully saturated rings. The number of aliphatic hydroxyl groups is 1. The lowest BCUT2D eigenvalue weighted by Crippen LogP contribution is -2.27. The van der Waals surface area contributed by atoms with Gasteiger partial charge in [-0.3, -0.25) is 0 Å². The molecule has 1 N–H and O–H groups in total. The Labute approximate surface area is 93.3 Å². The lowest BCUT2D eigenvalue weighted by atomic mass is 9.72. The topological polar surface area (TPSA) is 20.2 Å². The summed E-state index contributed by atoms with van der Waals surface area (Å²) in [4.78, 5) is 0. The van der Waals surface area contributed by atoms with Crippen LogP contribution in [-0.4, -0.2) is 11.7 Å². The van der Waals surface area contributed by atoms with E-state index in [1.165, 1.54) is 57.8 Å². The second kappa shape index (κ2) is 3.76. The van der Waals surface area contributed by atoms with Crippen LogP contribution in [0, 0.1) is 23.2 Å². The summed E-state index contributed by atoms with van der Waals surface area (Å²) in [5, 5.41) is 9.69. The Balaban J connectivity index is 1.59. The average molecular weight is 208 g/mol. The average Bonchev–Trinajstić information content (AvgIpc) is 2.89. The quantitative estimate of drug-likeness (QED) is 0.754. The lowest BCUT2D eigenvalue weighted by Gasteiger charge is -2.34. The molecule has 0 aromatic heterocycles. The van der Waals surface area contributed by atoms with Gasteiger partial charge in [0.05, 0.1) is 0 Å². The summed E-state index contributed by atoms with van der Waals surface area (Å²) < 4.78 is 0. The summed E-state index contributed by atoms with van der Waals surface area (Å²) >= 11 is 0. The van der Waals surface area contributed by atoms with Gasteiger partial charge < -0.3 is 5.11 Å². The van der Waals surface area contributed by atoms with Gasteiger partial charge >= 0.3 is 0 Å². The maximum Gasteiger partial charge on any atom is 0.0487 e. The number of hydrogen-bond acceptors (Lipinski definition) is 1. The zero-order valence-corrected chi connectivity index (χ0v) is 9.75. The van der Waals surface area contributed by atoms with Crippen LogP contribution < -0.4 is 0 Å². The molecule has 15 heavy (non-hydrogen) atoms. The molecule has 0 spiro atoms. The SMILES string of the molecule is OCC1(CC2CCCCC2)CC2CC2C1. The third kappa shape index (κ3) is 1.95. The number of hydrogen-bond donors (Lipinski definition) is 1. The molecule has 0 saturated heterocycles. The van der Waals surface area contributed by atoms with Crippen molar-refractivity contribution in [3.05, 3.63) is 0 Å². The van der Waals surface area contributed by atoms with Crippen molar-refractivity contribution in [3.8, 4) is 0 Å². The normalized spacial score (nSPS) is 45.4. The molecule has 1 nitrogen and oxygen atoms in total. The largest absolute Gasteiger partial charge is 0.396 e. The molecular formula is C14H24O. The Bertz CT molecular complexity index is 219. The Morgan fingerprint density at radius 2 is 1.67 bits per heavy atom. The van der Waals surface area contributed by atoms with E-state index in [1.54, 1.807) is 0 Å². The molecule has 0 aliphatic heterocycles. The van der Waals surface area contributed by atoms with Crippen LogP contribution in [0.5, 0.6) is 0 Å². The summed E-state index contributed by atoms with van der Waals surface area (Å²) in [5.41, 5.74) is 0.371. The van der Waals surface area contributed by atoms with Crippen LogP contribution in [0.4, 0.5) is 0 Å². The summed E-state index contributed by atoms with van der Waals surface area (Å²) in [6, 6.07) is 0.